The summed E-state index contributed by atoms with van der Waals surface area (Å²) in [4.78, 5) is 14.6. The van der Waals surface area contributed by atoms with Crippen molar-refractivity contribution >= 4 is 33.2 Å². The summed E-state index contributed by atoms with van der Waals surface area (Å²) in [6, 6.07) is 0. The molecule has 0 N–H and O–H groups in total. The number of thiophene rings is 1. The summed E-state index contributed by atoms with van der Waals surface area (Å²) in [5.41, 5.74) is 1.14. The van der Waals surface area contributed by atoms with Crippen molar-refractivity contribution in [3.05, 3.63) is 20.8 Å². The molecule has 0 radical (unpaired) electrons. The van der Waals surface area contributed by atoms with Crippen molar-refractivity contribution in [3.8, 4) is 0 Å². The van der Waals surface area contributed by atoms with E-state index in [0.29, 0.717) is 12.3 Å². The van der Waals surface area contributed by atoms with Gasteiger partial charge < -0.3 is 4.90 Å². The average Bonchev–Trinajstić information content (AvgIpc) is 3.29. The molecule has 4 heteroatoms. The molecular formula is C15H20BrNOS. The molecular weight excluding hydrogens is 322 g/mol. The van der Waals surface area contributed by atoms with Gasteiger partial charge in [-0.3, -0.25) is 4.79 Å². The molecule has 3 rings (SSSR count). The number of hydrogen-bond donors (Lipinski definition) is 0. The fourth-order valence-electron chi connectivity index (χ4n) is 2.38. The Morgan fingerprint density at radius 2 is 2.00 bits per heavy atom. The van der Waals surface area contributed by atoms with Gasteiger partial charge in [0.15, 0.2) is 0 Å². The fourth-order valence-corrected chi connectivity index (χ4v) is 3.83. The molecule has 2 saturated carbocycles. The molecule has 0 bridgehead atoms. The Bertz CT molecular complexity index is 451. The van der Waals surface area contributed by atoms with E-state index in [4.69, 9.17) is 0 Å². The summed E-state index contributed by atoms with van der Waals surface area (Å²) in [5.74, 6) is 2.00. The maximum atomic E-state index is 12.5. The maximum absolute atomic E-state index is 12.5. The molecule has 0 unspecified atom stereocenters. The Morgan fingerprint density at radius 1 is 1.26 bits per heavy atom. The van der Waals surface area contributed by atoms with Gasteiger partial charge in [0, 0.05) is 22.9 Å². The predicted octanol–water partition coefficient (Wildman–Crippen LogP) is 4.09. The maximum Gasteiger partial charge on any atom is 0.227 e. The molecule has 19 heavy (non-hydrogen) atoms. The normalized spacial score (nSPS) is 18.6. The van der Waals surface area contributed by atoms with Crippen LogP contribution >= 0.6 is 27.3 Å². The summed E-state index contributed by atoms with van der Waals surface area (Å²) >= 11 is 5.18. The van der Waals surface area contributed by atoms with Crippen LogP contribution in [0.1, 0.15) is 37.7 Å². The number of nitrogens with zero attached hydrogens (tertiary/aromatic N) is 1. The number of hydrogen-bond acceptors (Lipinski definition) is 2. The molecule has 1 aromatic heterocycles. The van der Waals surface area contributed by atoms with Crippen molar-refractivity contribution in [1.29, 1.82) is 0 Å². The first kappa shape index (κ1) is 13.6. The lowest BCUT2D eigenvalue weighted by atomic mass is 10.2. The number of halogens is 1. The summed E-state index contributed by atoms with van der Waals surface area (Å²) in [7, 11) is 0. The minimum atomic E-state index is 0.312. The van der Waals surface area contributed by atoms with Crippen LogP contribution in [0.15, 0.2) is 15.2 Å². The molecule has 1 aromatic rings. The Morgan fingerprint density at radius 3 is 2.58 bits per heavy atom. The minimum Gasteiger partial charge on any atom is -0.342 e. The highest BCUT2D eigenvalue weighted by molar-refractivity contribution is 9.10. The number of carbonyl (C=O) groups is 1. The molecule has 2 nitrogen and oxygen atoms in total. The van der Waals surface area contributed by atoms with E-state index in [9.17, 15) is 4.79 Å². The van der Waals surface area contributed by atoms with Crippen molar-refractivity contribution in [1.82, 2.24) is 4.90 Å². The molecule has 0 atom stereocenters. The number of rotatable bonds is 7. The summed E-state index contributed by atoms with van der Waals surface area (Å²) in [6.07, 6.45) is 7.15. The van der Waals surface area contributed by atoms with E-state index in [1.54, 1.807) is 11.3 Å². The van der Waals surface area contributed by atoms with Gasteiger partial charge in [0.1, 0.15) is 0 Å². The highest BCUT2D eigenvalue weighted by Crippen LogP contribution is 2.34. The van der Waals surface area contributed by atoms with Gasteiger partial charge in [-0.1, -0.05) is 12.8 Å². The van der Waals surface area contributed by atoms with E-state index in [2.05, 4.69) is 31.6 Å². The van der Waals surface area contributed by atoms with E-state index < -0.39 is 0 Å². The minimum absolute atomic E-state index is 0.312. The predicted molar refractivity (Wildman–Crippen MR) is 82.4 cm³/mol. The fraction of sp³-hybridized carbons (Fsp3) is 0.667. The molecule has 1 amide bonds. The topological polar surface area (TPSA) is 20.3 Å². The summed E-state index contributed by atoms with van der Waals surface area (Å²) in [6.45, 7) is 1.97. The largest absolute Gasteiger partial charge is 0.342 e. The van der Waals surface area contributed by atoms with Crippen molar-refractivity contribution in [2.75, 3.05) is 13.1 Å². The lowest BCUT2D eigenvalue weighted by molar-refractivity contribution is -0.130. The zero-order valence-electron chi connectivity index (χ0n) is 11.1. The Labute approximate surface area is 127 Å². The highest BCUT2D eigenvalue weighted by Gasteiger charge is 2.29. The van der Waals surface area contributed by atoms with Crippen molar-refractivity contribution < 1.29 is 4.79 Å². The van der Waals surface area contributed by atoms with E-state index in [-0.39, 0.29) is 0 Å². The second-order valence-corrected chi connectivity index (χ2v) is 7.53. The van der Waals surface area contributed by atoms with E-state index >= 15 is 0 Å². The van der Waals surface area contributed by atoms with Gasteiger partial charge in [0.2, 0.25) is 5.91 Å². The van der Waals surface area contributed by atoms with Gasteiger partial charge in [-0.25, -0.2) is 0 Å². The average molecular weight is 342 g/mol. The molecule has 104 valence electrons. The van der Waals surface area contributed by atoms with Gasteiger partial charge in [-0.15, -0.1) is 0 Å². The third kappa shape index (κ3) is 4.06. The quantitative estimate of drug-likeness (QED) is 0.731. The smallest absolute Gasteiger partial charge is 0.227 e. The van der Waals surface area contributed by atoms with Crippen LogP contribution in [0.2, 0.25) is 0 Å². The first-order valence-corrected chi connectivity index (χ1v) is 8.94. The number of amides is 1. The third-order valence-electron chi connectivity index (χ3n) is 4.06. The van der Waals surface area contributed by atoms with Gasteiger partial charge in [-0.2, -0.15) is 11.3 Å². The molecule has 2 fully saturated rings. The molecule has 0 aromatic carbocycles. The molecule has 1 heterocycles. The highest BCUT2D eigenvalue weighted by atomic mass is 79.9. The van der Waals surface area contributed by atoms with Crippen LogP contribution < -0.4 is 0 Å². The van der Waals surface area contributed by atoms with Gasteiger partial charge in [0.05, 0.1) is 6.42 Å². The van der Waals surface area contributed by atoms with Crippen molar-refractivity contribution in [3.63, 3.8) is 0 Å². The molecule has 0 aliphatic heterocycles. The summed E-state index contributed by atoms with van der Waals surface area (Å²) < 4.78 is 1.08. The van der Waals surface area contributed by atoms with E-state index in [1.807, 2.05) is 0 Å². The van der Waals surface area contributed by atoms with Gasteiger partial charge >= 0.3 is 0 Å². The van der Waals surface area contributed by atoms with Crippen molar-refractivity contribution in [2.45, 2.75) is 38.5 Å². The van der Waals surface area contributed by atoms with E-state index in [1.165, 1.54) is 32.1 Å². The van der Waals surface area contributed by atoms with Crippen LogP contribution in [0.25, 0.3) is 0 Å². The zero-order chi connectivity index (χ0) is 13.2. The van der Waals surface area contributed by atoms with Crippen LogP contribution in [-0.2, 0) is 11.2 Å². The van der Waals surface area contributed by atoms with Gasteiger partial charge in [-0.05, 0) is 58.0 Å². The first-order valence-electron chi connectivity index (χ1n) is 7.20. The van der Waals surface area contributed by atoms with Crippen LogP contribution in [-0.4, -0.2) is 23.9 Å². The second-order valence-electron chi connectivity index (χ2n) is 5.94. The van der Waals surface area contributed by atoms with Crippen LogP contribution in [0.4, 0.5) is 0 Å². The standard InChI is InChI=1S/C15H20BrNOS/c16-14-10-19-9-13(14)7-15(18)17(8-12-3-4-12)6-5-11-1-2-11/h9-12H,1-8H2. The second kappa shape index (κ2) is 5.96. The lowest BCUT2D eigenvalue weighted by Gasteiger charge is -2.22. The van der Waals surface area contributed by atoms with E-state index in [0.717, 1.165) is 35.0 Å². The molecule has 0 spiro atoms. The monoisotopic (exact) mass is 341 g/mol. The third-order valence-corrected chi connectivity index (χ3v) is 5.90. The Kier molecular flexibility index (Phi) is 4.27. The zero-order valence-corrected chi connectivity index (χ0v) is 13.5. The van der Waals surface area contributed by atoms with Crippen molar-refractivity contribution in [2.24, 2.45) is 11.8 Å². The SMILES string of the molecule is O=C(Cc1cscc1Br)N(CCC1CC1)CC1CC1. The summed E-state index contributed by atoms with van der Waals surface area (Å²) in [5, 5.41) is 4.14. The molecule has 0 saturated heterocycles. The molecule has 2 aliphatic carbocycles. The Hall–Kier alpha value is -0.350. The Balaban J connectivity index is 1.56. The van der Waals surface area contributed by atoms with Crippen LogP contribution in [0.5, 0.6) is 0 Å². The van der Waals surface area contributed by atoms with Crippen LogP contribution in [0, 0.1) is 11.8 Å². The molecule has 2 aliphatic rings. The van der Waals surface area contributed by atoms with Gasteiger partial charge in [0.25, 0.3) is 0 Å². The lowest BCUT2D eigenvalue weighted by Crippen LogP contribution is -2.35. The van der Waals surface area contributed by atoms with Crippen LogP contribution in [0.3, 0.4) is 0 Å². The number of carbonyl (C=O) groups excluding carboxylic acids is 1. The first-order chi connectivity index (χ1) is 9.22.